The van der Waals surface area contributed by atoms with Gasteiger partial charge in [0.25, 0.3) is 0 Å². The van der Waals surface area contributed by atoms with Crippen LogP contribution in [0.2, 0.25) is 0 Å². The first-order valence-electron chi connectivity index (χ1n) is 13.0. The minimum Gasteiger partial charge on any atom is -0.342 e. The second-order valence-electron chi connectivity index (χ2n) is 9.35. The number of benzene rings is 2. The van der Waals surface area contributed by atoms with Crippen LogP contribution in [-0.4, -0.2) is 29.8 Å². The number of hydrogen-bond donors (Lipinski definition) is 0. The highest BCUT2D eigenvalue weighted by Gasteiger charge is 2.39. The van der Waals surface area contributed by atoms with E-state index in [-0.39, 0.29) is 24.2 Å². The highest BCUT2D eigenvalue weighted by molar-refractivity contribution is 6.09. The van der Waals surface area contributed by atoms with Crippen molar-refractivity contribution in [2.75, 3.05) is 18.0 Å². The second kappa shape index (κ2) is 13.3. The molecule has 0 aliphatic carbocycles. The van der Waals surface area contributed by atoms with Gasteiger partial charge in [0.1, 0.15) is 11.7 Å². The molecule has 0 bridgehead atoms. The van der Waals surface area contributed by atoms with Crippen molar-refractivity contribution in [1.29, 1.82) is 0 Å². The number of nitrogens with zero attached hydrogens (tertiary/aromatic N) is 2. The SMILES string of the molecule is CCCCCCN(CCCCCC)C(=O)C1Cc2ccccc2N(Cc2ccccc2F)C1=O. The molecule has 1 atom stereocenters. The van der Waals surface area contributed by atoms with E-state index in [4.69, 9.17) is 0 Å². The third-order valence-corrected chi connectivity index (χ3v) is 6.73. The van der Waals surface area contributed by atoms with Crippen LogP contribution in [0.5, 0.6) is 0 Å². The molecule has 0 fully saturated rings. The molecule has 4 nitrogen and oxygen atoms in total. The summed E-state index contributed by atoms with van der Waals surface area (Å²) in [7, 11) is 0. The van der Waals surface area contributed by atoms with Gasteiger partial charge >= 0.3 is 0 Å². The molecule has 2 amide bonds. The van der Waals surface area contributed by atoms with Gasteiger partial charge in [0.05, 0.1) is 6.54 Å². The van der Waals surface area contributed by atoms with E-state index < -0.39 is 5.92 Å². The lowest BCUT2D eigenvalue weighted by Crippen LogP contribution is -2.49. The van der Waals surface area contributed by atoms with Crippen LogP contribution in [0.4, 0.5) is 10.1 Å². The summed E-state index contributed by atoms with van der Waals surface area (Å²) in [5, 5.41) is 0. The van der Waals surface area contributed by atoms with E-state index in [1.54, 1.807) is 23.1 Å². The van der Waals surface area contributed by atoms with Crippen molar-refractivity contribution in [1.82, 2.24) is 4.90 Å². The molecule has 0 radical (unpaired) electrons. The van der Waals surface area contributed by atoms with Crippen LogP contribution < -0.4 is 4.90 Å². The third kappa shape index (κ3) is 6.68. The van der Waals surface area contributed by atoms with E-state index >= 15 is 0 Å². The van der Waals surface area contributed by atoms with Gasteiger partial charge < -0.3 is 9.80 Å². The summed E-state index contributed by atoms with van der Waals surface area (Å²) in [6, 6.07) is 14.2. The summed E-state index contributed by atoms with van der Waals surface area (Å²) in [5.74, 6) is -1.39. The Morgan fingerprint density at radius 2 is 1.53 bits per heavy atom. The van der Waals surface area contributed by atoms with Crippen molar-refractivity contribution in [3.63, 3.8) is 0 Å². The van der Waals surface area contributed by atoms with E-state index in [1.165, 1.54) is 6.07 Å². The van der Waals surface area contributed by atoms with Gasteiger partial charge in [0, 0.05) is 24.3 Å². The van der Waals surface area contributed by atoms with Crippen LogP contribution in [0, 0.1) is 11.7 Å². The normalized spacial score (nSPS) is 15.3. The first-order chi connectivity index (χ1) is 16.6. The van der Waals surface area contributed by atoms with Crippen molar-refractivity contribution in [2.45, 2.75) is 78.2 Å². The van der Waals surface area contributed by atoms with Crippen molar-refractivity contribution in [2.24, 2.45) is 5.92 Å². The van der Waals surface area contributed by atoms with E-state index in [2.05, 4.69) is 13.8 Å². The fourth-order valence-electron chi connectivity index (χ4n) is 4.73. The smallest absolute Gasteiger partial charge is 0.240 e. The molecule has 0 saturated heterocycles. The summed E-state index contributed by atoms with van der Waals surface area (Å²) >= 11 is 0. The number of para-hydroxylation sites is 1. The molecule has 5 heteroatoms. The summed E-state index contributed by atoms with van der Waals surface area (Å²) in [5.41, 5.74) is 2.20. The lowest BCUT2D eigenvalue weighted by Gasteiger charge is -2.36. The molecule has 3 rings (SSSR count). The quantitative estimate of drug-likeness (QED) is 0.249. The standard InChI is InChI=1S/C29H39FN2O2/c1-3-5-7-13-19-31(20-14-8-6-4-2)28(33)25-21-23-15-10-12-18-27(23)32(29(25)34)22-24-16-9-11-17-26(24)30/h9-12,15-18,25H,3-8,13-14,19-22H2,1-2H3. The number of unbranched alkanes of at least 4 members (excludes halogenated alkanes) is 6. The molecule has 0 N–H and O–H groups in total. The van der Waals surface area contributed by atoms with Gasteiger partial charge in [0.2, 0.25) is 11.8 Å². The van der Waals surface area contributed by atoms with Gasteiger partial charge in [-0.25, -0.2) is 4.39 Å². The Balaban J connectivity index is 1.81. The number of anilines is 1. The predicted molar refractivity (Wildman–Crippen MR) is 136 cm³/mol. The molecule has 184 valence electrons. The molecule has 1 heterocycles. The van der Waals surface area contributed by atoms with Crippen molar-refractivity contribution in [3.8, 4) is 0 Å². The summed E-state index contributed by atoms with van der Waals surface area (Å²) in [6.07, 6.45) is 9.12. The largest absolute Gasteiger partial charge is 0.342 e. The van der Waals surface area contributed by atoms with Crippen LogP contribution in [0.15, 0.2) is 48.5 Å². The Morgan fingerprint density at radius 3 is 2.18 bits per heavy atom. The molecular weight excluding hydrogens is 427 g/mol. The van der Waals surface area contributed by atoms with Crippen LogP contribution in [0.1, 0.15) is 76.3 Å². The third-order valence-electron chi connectivity index (χ3n) is 6.73. The topological polar surface area (TPSA) is 40.6 Å². The lowest BCUT2D eigenvalue weighted by molar-refractivity contribution is -0.141. The highest BCUT2D eigenvalue weighted by Crippen LogP contribution is 2.33. The van der Waals surface area contributed by atoms with Crippen molar-refractivity contribution < 1.29 is 14.0 Å². The molecule has 2 aromatic carbocycles. The zero-order valence-electron chi connectivity index (χ0n) is 20.8. The number of amides is 2. The number of rotatable bonds is 13. The van der Waals surface area contributed by atoms with Gasteiger partial charge in [-0.3, -0.25) is 9.59 Å². The summed E-state index contributed by atoms with van der Waals surface area (Å²) in [6.45, 7) is 5.87. The number of hydrogen-bond acceptors (Lipinski definition) is 2. The predicted octanol–water partition coefficient (Wildman–Crippen LogP) is 6.52. The minimum absolute atomic E-state index is 0.0777. The molecule has 0 aromatic heterocycles. The van der Waals surface area contributed by atoms with Gasteiger partial charge in [-0.2, -0.15) is 0 Å². The average Bonchev–Trinajstić information content (AvgIpc) is 2.85. The van der Waals surface area contributed by atoms with Gasteiger partial charge in [-0.15, -0.1) is 0 Å². The molecule has 2 aromatic rings. The second-order valence-corrected chi connectivity index (χ2v) is 9.35. The number of fused-ring (bicyclic) bond motifs is 1. The van der Waals surface area contributed by atoms with Gasteiger partial charge in [-0.05, 0) is 37.0 Å². The van der Waals surface area contributed by atoms with Crippen LogP contribution in [-0.2, 0) is 22.6 Å². The zero-order valence-corrected chi connectivity index (χ0v) is 20.8. The Morgan fingerprint density at radius 1 is 0.912 bits per heavy atom. The average molecular weight is 467 g/mol. The first kappa shape index (κ1) is 25.9. The number of halogens is 1. The Bertz CT molecular complexity index is 933. The van der Waals surface area contributed by atoms with Crippen molar-refractivity contribution >= 4 is 17.5 Å². The number of carbonyl (C=O) groups excluding carboxylic acids is 2. The fraction of sp³-hybridized carbons (Fsp3) is 0.517. The molecule has 34 heavy (non-hydrogen) atoms. The van der Waals surface area contributed by atoms with Crippen LogP contribution in [0.25, 0.3) is 0 Å². The molecule has 0 saturated carbocycles. The maximum Gasteiger partial charge on any atom is 0.240 e. The summed E-state index contributed by atoms with van der Waals surface area (Å²) < 4.78 is 14.4. The van der Waals surface area contributed by atoms with E-state index in [9.17, 15) is 14.0 Å². The Hall–Kier alpha value is -2.69. The maximum absolute atomic E-state index is 14.4. The zero-order chi connectivity index (χ0) is 24.3. The molecular formula is C29H39FN2O2. The lowest BCUT2D eigenvalue weighted by atomic mass is 9.90. The van der Waals surface area contributed by atoms with E-state index in [1.807, 2.05) is 29.2 Å². The maximum atomic E-state index is 14.4. The van der Waals surface area contributed by atoms with Crippen molar-refractivity contribution in [3.05, 3.63) is 65.5 Å². The fourth-order valence-corrected chi connectivity index (χ4v) is 4.73. The monoisotopic (exact) mass is 466 g/mol. The first-order valence-corrected chi connectivity index (χ1v) is 13.0. The van der Waals surface area contributed by atoms with Crippen LogP contribution >= 0.6 is 0 Å². The van der Waals surface area contributed by atoms with E-state index in [0.29, 0.717) is 25.1 Å². The molecule has 0 spiro atoms. The van der Waals surface area contributed by atoms with Gasteiger partial charge in [0.15, 0.2) is 0 Å². The minimum atomic E-state index is -0.751. The molecule has 1 unspecified atom stereocenters. The highest BCUT2D eigenvalue weighted by atomic mass is 19.1. The Labute approximate surface area is 204 Å². The van der Waals surface area contributed by atoms with E-state index in [0.717, 1.165) is 62.6 Å². The number of carbonyl (C=O) groups is 2. The van der Waals surface area contributed by atoms with Gasteiger partial charge in [-0.1, -0.05) is 88.8 Å². The van der Waals surface area contributed by atoms with Crippen LogP contribution in [0.3, 0.4) is 0 Å². The molecule has 1 aliphatic heterocycles. The molecule has 1 aliphatic rings. The Kier molecular flexibility index (Phi) is 10.1. The summed E-state index contributed by atoms with van der Waals surface area (Å²) in [4.78, 5) is 30.9.